The van der Waals surface area contributed by atoms with Gasteiger partial charge in [-0.25, -0.2) is 4.98 Å². The standard InChI is InChI=1S/C11H15N7O/c1-2-12-11-17-9-8(14-5-15-9)10(18-11)16-6-3-7(19)13-4-6/h5-6H,2-4H2,1H3,(H,13,19)(H3,12,14,15,16,17,18). The first-order chi connectivity index (χ1) is 9.26. The van der Waals surface area contributed by atoms with Crippen LogP contribution in [0.1, 0.15) is 13.3 Å². The normalized spacial score (nSPS) is 18.6. The molecule has 0 radical (unpaired) electrons. The number of hydrogen-bond donors (Lipinski definition) is 4. The molecular formula is C11H15N7O. The van der Waals surface area contributed by atoms with Gasteiger partial charge in [0.05, 0.1) is 12.4 Å². The molecule has 3 rings (SSSR count). The molecule has 0 spiro atoms. The fourth-order valence-electron chi connectivity index (χ4n) is 2.08. The van der Waals surface area contributed by atoms with E-state index in [1.165, 1.54) is 0 Å². The Morgan fingerprint density at radius 3 is 3.11 bits per heavy atom. The van der Waals surface area contributed by atoms with Crippen LogP contribution in [0.3, 0.4) is 0 Å². The number of aromatic amines is 1. The Bertz CT molecular complexity index is 608. The minimum atomic E-state index is 0.0448. The molecule has 0 aromatic carbocycles. The van der Waals surface area contributed by atoms with E-state index in [0.29, 0.717) is 30.4 Å². The number of carbonyl (C=O) groups excluding carboxylic acids is 1. The number of amides is 1. The third-order valence-electron chi connectivity index (χ3n) is 2.94. The summed E-state index contributed by atoms with van der Waals surface area (Å²) in [6.45, 7) is 3.32. The summed E-state index contributed by atoms with van der Waals surface area (Å²) in [5.74, 6) is 1.25. The number of nitrogens with zero attached hydrogens (tertiary/aromatic N) is 3. The molecule has 1 aliphatic heterocycles. The Morgan fingerprint density at radius 2 is 2.37 bits per heavy atom. The first kappa shape index (κ1) is 11.7. The number of rotatable bonds is 4. The maximum atomic E-state index is 11.2. The molecule has 4 N–H and O–H groups in total. The SMILES string of the molecule is CCNc1nc(NC2CNC(=O)C2)c2[nH]cnc2n1. The lowest BCUT2D eigenvalue weighted by Gasteiger charge is -2.12. The van der Waals surface area contributed by atoms with Crippen LogP contribution in [0.25, 0.3) is 11.2 Å². The molecule has 1 unspecified atom stereocenters. The Morgan fingerprint density at radius 1 is 1.47 bits per heavy atom. The number of H-pyrrole nitrogens is 1. The topological polar surface area (TPSA) is 108 Å². The van der Waals surface area contributed by atoms with E-state index in [0.717, 1.165) is 12.1 Å². The van der Waals surface area contributed by atoms with Crippen LogP contribution in [-0.2, 0) is 4.79 Å². The van der Waals surface area contributed by atoms with Crippen molar-refractivity contribution in [2.24, 2.45) is 0 Å². The highest BCUT2D eigenvalue weighted by Gasteiger charge is 2.22. The van der Waals surface area contributed by atoms with E-state index in [-0.39, 0.29) is 11.9 Å². The first-order valence-corrected chi connectivity index (χ1v) is 6.24. The lowest BCUT2D eigenvalue weighted by atomic mass is 10.2. The van der Waals surface area contributed by atoms with Crippen LogP contribution in [0.5, 0.6) is 0 Å². The molecule has 1 saturated heterocycles. The third kappa shape index (κ3) is 2.28. The summed E-state index contributed by atoms with van der Waals surface area (Å²) in [5, 5.41) is 9.10. The van der Waals surface area contributed by atoms with Gasteiger partial charge in [0.15, 0.2) is 11.5 Å². The summed E-state index contributed by atoms with van der Waals surface area (Å²) in [5.41, 5.74) is 1.35. The van der Waals surface area contributed by atoms with Crippen molar-refractivity contribution in [3.05, 3.63) is 6.33 Å². The molecule has 0 aliphatic carbocycles. The van der Waals surface area contributed by atoms with Crippen molar-refractivity contribution >= 4 is 28.8 Å². The van der Waals surface area contributed by atoms with Crippen molar-refractivity contribution in [1.29, 1.82) is 0 Å². The van der Waals surface area contributed by atoms with Crippen LogP contribution in [0, 0.1) is 0 Å². The fraction of sp³-hybridized carbons (Fsp3) is 0.455. The van der Waals surface area contributed by atoms with Crippen LogP contribution in [0.2, 0.25) is 0 Å². The van der Waals surface area contributed by atoms with Gasteiger partial charge < -0.3 is 20.9 Å². The number of nitrogens with one attached hydrogen (secondary N) is 4. The maximum absolute atomic E-state index is 11.2. The van der Waals surface area contributed by atoms with E-state index in [2.05, 4.69) is 35.9 Å². The summed E-state index contributed by atoms with van der Waals surface area (Å²) < 4.78 is 0. The van der Waals surface area contributed by atoms with Gasteiger partial charge in [-0.2, -0.15) is 9.97 Å². The number of fused-ring (bicyclic) bond motifs is 1. The van der Waals surface area contributed by atoms with E-state index in [1.54, 1.807) is 6.33 Å². The van der Waals surface area contributed by atoms with Gasteiger partial charge >= 0.3 is 0 Å². The zero-order valence-electron chi connectivity index (χ0n) is 10.5. The van der Waals surface area contributed by atoms with Crippen molar-refractivity contribution in [3.8, 4) is 0 Å². The van der Waals surface area contributed by atoms with Crippen molar-refractivity contribution in [2.75, 3.05) is 23.7 Å². The maximum Gasteiger partial charge on any atom is 0.226 e. The smallest absolute Gasteiger partial charge is 0.226 e. The van der Waals surface area contributed by atoms with Gasteiger partial charge in [-0.3, -0.25) is 4.79 Å². The second-order valence-electron chi connectivity index (χ2n) is 4.38. The average Bonchev–Trinajstić information content (AvgIpc) is 2.99. The van der Waals surface area contributed by atoms with Crippen LogP contribution >= 0.6 is 0 Å². The highest BCUT2D eigenvalue weighted by atomic mass is 16.1. The van der Waals surface area contributed by atoms with Crippen LogP contribution in [0.4, 0.5) is 11.8 Å². The third-order valence-corrected chi connectivity index (χ3v) is 2.94. The summed E-state index contributed by atoms with van der Waals surface area (Å²) >= 11 is 0. The predicted octanol–water partition coefficient (Wildman–Crippen LogP) is 0.0851. The highest BCUT2D eigenvalue weighted by Crippen LogP contribution is 2.20. The lowest BCUT2D eigenvalue weighted by molar-refractivity contribution is -0.119. The van der Waals surface area contributed by atoms with Crippen LogP contribution in [0.15, 0.2) is 6.33 Å². The molecule has 2 aromatic heterocycles. The Kier molecular flexibility index (Phi) is 2.90. The number of aromatic nitrogens is 4. The summed E-state index contributed by atoms with van der Waals surface area (Å²) in [7, 11) is 0. The van der Waals surface area contributed by atoms with E-state index in [1.807, 2.05) is 6.92 Å². The highest BCUT2D eigenvalue weighted by molar-refractivity contribution is 5.85. The predicted molar refractivity (Wildman–Crippen MR) is 70.9 cm³/mol. The number of anilines is 2. The van der Waals surface area contributed by atoms with Gasteiger partial charge in [0.2, 0.25) is 11.9 Å². The van der Waals surface area contributed by atoms with Crippen molar-refractivity contribution in [1.82, 2.24) is 25.3 Å². The van der Waals surface area contributed by atoms with Gasteiger partial charge in [-0.15, -0.1) is 0 Å². The number of hydrogen-bond acceptors (Lipinski definition) is 6. The average molecular weight is 261 g/mol. The van der Waals surface area contributed by atoms with Crippen LogP contribution in [-0.4, -0.2) is 45.0 Å². The summed E-state index contributed by atoms with van der Waals surface area (Å²) in [6, 6.07) is 0.0448. The van der Waals surface area contributed by atoms with Crippen molar-refractivity contribution < 1.29 is 4.79 Å². The van der Waals surface area contributed by atoms with Gasteiger partial charge in [-0.05, 0) is 6.92 Å². The molecule has 1 atom stereocenters. The van der Waals surface area contributed by atoms with Crippen LogP contribution < -0.4 is 16.0 Å². The number of imidazole rings is 1. The minimum Gasteiger partial charge on any atom is -0.363 e. The minimum absolute atomic E-state index is 0.0448. The Hall–Kier alpha value is -2.38. The van der Waals surface area contributed by atoms with E-state index in [9.17, 15) is 4.79 Å². The quantitative estimate of drug-likeness (QED) is 0.621. The zero-order chi connectivity index (χ0) is 13.2. The molecule has 0 bridgehead atoms. The molecule has 1 fully saturated rings. The van der Waals surface area contributed by atoms with E-state index < -0.39 is 0 Å². The molecule has 100 valence electrons. The molecule has 3 heterocycles. The van der Waals surface area contributed by atoms with Gasteiger partial charge in [0.25, 0.3) is 0 Å². The molecule has 8 heteroatoms. The zero-order valence-corrected chi connectivity index (χ0v) is 10.5. The largest absolute Gasteiger partial charge is 0.363 e. The lowest BCUT2D eigenvalue weighted by Crippen LogP contribution is -2.23. The molecular weight excluding hydrogens is 246 g/mol. The summed E-state index contributed by atoms with van der Waals surface area (Å²) in [4.78, 5) is 27.1. The molecule has 1 amide bonds. The fourth-order valence-corrected chi connectivity index (χ4v) is 2.08. The first-order valence-electron chi connectivity index (χ1n) is 6.24. The second kappa shape index (κ2) is 4.71. The molecule has 19 heavy (non-hydrogen) atoms. The molecule has 8 nitrogen and oxygen atoms in total. The van der Waals surface area contributed by atoms with E-state index in [4.69, 9.17) is 0 Å². The Balaban J connectivity index is 1.91. The molecule has 2 aromatic rings. The van der Waals surface area contributed by atoms with Gasteiger partial charge in [-0.1, -0.05) is 0 Å². The summed E-state index contributed by atoms with van der Waals surface area (Å²) in [6.07, 6.45) is 2.04. The monoisotopic (exact) mass is 261 g/mol. The number of carbonyl (C=O) groups is 1. The van der Waals surface area contributed by atoms with Crippen molar-refractivity contribution in [2.45, 2.75) is 19.4 Å². The van der Waals surface area contributed by atoms with Crippen molar-refractivity contribution in [3.63, 3.8) is 0 Å². The molecule has 0 saturated carbocycles. The van der Waals surface area contributed by atoms with Gasteiger partial charge in [0, 0.05) is 19.5 Å². The Labute approximate surface area is 109 Å². The second-order valence-corrected chi connectivity index (χ2v) is 4.38. The van der Waals surface area contributed by atoms with Gasteiger partial charge in [0.1, 0.15) is 5.52 Å². The van der Waals surface area contributed by atoms with E-state index >= 15 is 0 Å². The molecule has 1 aliphatic rings.